The van der Waals surface area contributed by atoms with E-state index in [1.807, 2.05) is 0 Å². The highest BCUT2D eigenvalue weighted by Gasteiger charge is 2.31. The van der Waals surface area contributed by atoms with Crippen LogP contribution in [0.1, 0.15) is 17.4 Å². The van der Waals surface area contributed by atoms with Crippen LogP contribution < -0.4 is 10.6 Å². The lowest BCUT2D eigenvalue weighted by atomic mass is 10.2. The summed E-state index contributed by atoms with van der Waals surface area (Å²) in [5, 5.41) is 36.5. The molecule has 0 bridgehead atoms. The molecule has 0 fully saturated rings. The van der Waals surface area contributed by atoms with Crippen LogP contribution in [-0.4, -0.2) is 37.7 Å². The molecule has 0 atom stereocenters. The highest BCUT2D eigenvalue weighted by molar-refractivity contribution is 5.95. The maximum Gasteiger partial charge on any atom is 0.364 e. The second-order valence-corrected chi connectivity index (χ2v) is 5.92. The summed E-state index contributed by atoms with van der Waals surface area (Å²) >= 11 is 0. The standard InChI is InChI=1S/C19H17N5O6/c1-2-30-18(27)15-16(24(28)29)17(20-11-5-3-7-13(25)9-11)23-19(22-15)21-12-6-4-8-14(26)10-12/h3-10,25-26H,2H2,1H3,(H2,20,21,22,23). The number of benzene rings is 2. The Balaban J connectivity index is 2.12. The molecule has 4 N–H and O–H groups in total. The van der Waals surface area contributed by atoms with Gasteiger partial charge in [0.15, 0.2) is 0 Å². The van der Waals surface area contributed by atoms with Crippen molar-refractivity contribution in [1.29, 1.82) is 0 Å². The molecule has 0 aliphatic heterocycles. The van der Waals surface area contributed by atoms with Gasteiger partial charge in [0, 0.05) is 23.5 Å². The molecule has 154 valence electrons. The summed E-state index contributed by atoms with van der Waals surface area (Å²) in [4.78, 5) is 31.3. The number of aromatic hydroxyl groups is 2. The molecule has 30 heavy (non-hydrogen) atoms. The largest absolute Gasteiger partial charge is 0.508 e. The Kier molecular flexibility index (Phi) is 5.92. The van der Waals surface area contributed by atoms with Crippen LogP contribution in [0.4, 0.5) is 28.8 Å². The monoisotopic (exact) mass is 411 g/mol. The Labute approximate surface area is 170 Å². The molecule has 0 amide bonds. The molecule has 0 saturated carbocycles. The number of nitro groups is 1. The molecule has 11 nitrogen and oxygen atoms in total. The van der Waals surface area contributed by atoms with Gasteiger partial charge in [-0.2, -0.15) is 9.97 Å². The number of carbonyl (C=O) groups is 1. The second-order valence-electron chi connectivity index (χ2n) is 5.92. The van der Waals surface area contributed by atoms with Crippen LogP contribution in [0.3, 0.4) is 0 Å². The average Bonchev–Trinajstić information content (AvgIpc) is 2.67. The molecule has 1 aromatic heterocycles. The van der Waals surface area contributed by atoms with Crippen LogP contribution in [0.2, 0.25) is 0 Å². The summed E-state index contributed by atoms with van der Waals surface area (Å²) in [6.07, 6.45) is 0. The number of carbonyl (C=O) groups excluding carboxylic acids is 1. The number of anilines is 4. The molecule has 2 aromatic carbocycles. The van der Waals surface area contributed by atoms with Crippen LogP contribution >= 0.6 is 0 Å². The van der Waals surface area contributed by atoms with E-state index in [1.165, 1.54) is 30.3 Å². The van der Waals surface area contributed by atoms with Crippen molar-refractivity contribution < 1.29 is 24.7 Å². The number of phenolic OH excluding ortho intramolecular Hbond substituents is 2. The van der Waals surface area contributed by atoms with Crippen molar-refractivity contribution in [2.24, 2.45) is 0 Å². The lowest BCUT2D eigenvalue weighted by molar-refractivity contribution is -0.384. The van der Waals surface area contributed by atoms with Crippen molar-refractivity contribution in [2.45, 2.75) is 6.92 Å². The summed E-state index contributed by atoms with van der Waals surface area (Å²) in [5.74, 6) is -1.51. The van der Waals surface area contributed by atoms with Crippen LogP contribution in [0.5, 0.6) is 11.5 Å². The van der Waals surface area contributed by atoms with Crippen molar-refractivity contribution in [3.05, 3.63) is 64.3 Å². The van der Waals surface area contributed by atoms with Gasteiger partial charge in [-0.1, -0.05) is 12.1 Å². The number of nitrogens with one attached hydrogen (secondary N) is 2. The van der Waals surface area contributed by atoms with Crippen molar-refractivity contribution >= 4 is 34.8 Å². The molecule has 0 spiro atoms. The van der Waals surface area contributed by atoms with Gasteiger partial charge in [0.1, 0.15) is 11.5 Å². The predicted octanol–water partition coefficient (Wildman–Crippen LogP) is 3.46. The molecular weight excluding hydrogens is 394 g/mol. The highest BCUT2D eigenvalue weighted by atomic mass is 16.6. The zero-order chi connectivity index (χ0) is 21.7. The molecule has 0 radical (unpaired) electrons. The highest BCUT2D eigenvalue weighted by Crippen LogP contribution is 2.32. The number of rotatable bonds is 7. The van der Waals surface area contributed by atoms with Gasteiger partial charge in [-0.25, -0.2) is 4.79 Å². The lowest BCUT2D eigenvalue weighted by Gasteiger charge is -2.12. The normalized spacial score (nSPS) is 10.3. The molecule has 0 aliphatic rings. The van der Waals surface area contributed by atoms with Gasteiger partial charge in [0.25, 0.3) is 0 Å². The predicted molar refractivity (Wildman–Crippen MR) is 107 cm³/mol. The van der Waals surface area contributed by atoms with E-state index in [1.54, 1.807) is 25.1 Å². The molecule has 0 aliphatic carbocycles. The number of phenols is 2. The minimum absolute atomic E-state index is 0.00930. The molecule has 0 unspecified atom stereocenters. The first-order valence-corrected chi connectivity index (χ1v) is 8.73. The van der Waals surface area contributed by atoms with Gasteiger partial charge in [0.2, 0.25) is 17.5 Å². The minimum atomic E-state index is -0.996. The zero-order valence-electron chi connectivity index (χ0n) is 15.7. The van der Waals surface area contributed by atoms with E-state index in [-0.39, 0.29) is 29.9 Å². The topological polar surface area (TPSA) is 160 Å². The van der Waals surface area contributed by atoms with Gasteiger partial charge in [-0.15, -0.1) is 0 Å². The Bertz CT molecular complexity index is 1100. The third kappa shape index (κ3) is 4.70. The molecule has 1 heterocycles. The Hall–Kier alpha value is -4.41. The fraction of sp³-hybridized carbons (Fsp3) is 0.105. The third-order valence-electron chi connectivity index (χ3n) is 3.75. The number of nitrogens with zero attached hydrogens (tertiary/aromatic N) is 3. The second kappa shape index (κ2) is 8.73. The molecule has 0 saturated heterocycles. The maximum atomic E-state index is 12.3. The Morgan fingerprint density at radius 1 is 1.07 bits per heavy atom. The van der Waals surface area contributed by atoms with Gasteiger partial charge in [-0.05, 0) is 31.2 Å². The van der Waals surface area contributed by atoms with Crippen LogP contribution in [0, 0.1) is 10.1 Å². The van der Waals surface area contributed by atoms with Crippen LogP contribution in [-0.2, 0) is 4.74 Å². The van der Waals surface area contributed by atoms with Crippen molar-refractivity contribution in [3.8, 4) is 11.5 Å². The minimum Gasteiger partial charge on any atom is -0.508 e. The lowest BCUT2D eigenvalue weighted by Crippen LogP contribution is -2.15. The molecule has 11 heteroatoms. The maximum absolute atomic E-state index is 12.3. The van der Waals surface area contributed by atoms with E-state index in [0.717, 1.165) is 0 Å². The third-order valence-corrected chi connectivity index (χ3v) is 3.75. The van der Waals surface area contributed by atoms with Gasteiger partial charge >= 0.3 is 11.7 Å². The Morgan fingerprint density at radius 2 is 1.67 bits per heavy atom. The summed E-state index contributed by atoms with van der Waals surface area (Å²) in [6, 6.07) is 11.9. The summed E-state index contributed by atoms with van der Waals surface area (Å²) in [6.45, 7) is 1.55. The molecule has 3 aromatic rings. The van der Waals surface area contributed by atoms with Gasteiger partial charge in [-0.3, -0.25) is 10.1 Å². The first kappa shape index (κ1) is 20.3. The summed E-state index contributed by atoms with van der Waals surface area (Å²) in [7, 11) is 0. The number of esters is 1. The number of ether oxygens (including phenoxy) is 1. The zero-order valence-corrected chi connectivity index (χ0v) is 15.7. The first-order chi connectivity index (χ1) is 14.4. The molecule has 3 rings (SSSR count). The summed E-state index contributed by atoms with van der Waals surface area (Å²) < 4.78 is 4.90. The van der Waals surface area contributed by atoms with E-state index in [0.29, 0.717) is 11.4 Å². The average molecular weight is 411 g/mol. The van der Waals surface area contributed by atoms with E-state index >= 15 is 0 Å². The number of hydrogen-bond acceptors (Lipinski definition) is 10. The van der Waals surface area contributed by atoms with Crippen LogP contribution in [0.25, 0.3) is 0 Å². The molecular formula is C19H17N5O6. The number of hydrogen-bond donors (Lipinski definition) is 4. The van der Waals surface area contributed by atoms with Gasteiger partial charge in [0.05, 0.1) is 11.5 Å². The fourth-order valence-corrected chi connectivity index (χ4v) is 2.55. The SMILES string of the molecule is CCOC(=O)c1nc(Nc2cccc(O)c2)nc(Nc2cccc(O)c2)c1[N+](=O)[O-]. The quantitative estimate of drug-likeness (QED) is 0.257. The summed E-state index contributed by atoms with van der Waals surface area (Å²) in [5.41, 5.74) is -0.544. The van der Waals surface area contributed by atoms with Crippen molar-refractivity contribution in [2.75, 3.05) is 17.2 Å². The van der Waals surface area contributed by atoms with E-state index < -0.39 is 22.3 Å². The fourth-order valence-electron chi connectivity index (χ4n) is 2.55. The van der Waals surface area contributed by atoms with E-state index in [4.69, 9.17) is 4.74 Å². The smallest absolute Gasteiger partial charge is 0.364 e. The van der Waals surface area contributed by atoms with E-state index in [2.05, 4.69) is 20.6 Å². The van der Waals surface area contributed by atoms with Gasteiger partial charge < -0.3 is 25.6 Å². The van der Waals surface area contributed by atoms with Crippen molar-refractivity contribution in [3.63, 3.8) is 0 Å². The van der Waals surface area contributed by atoms with Crippen LogP contribution in [0.15, 0.2) is 48.5 Å². The first-order valence-electron chi connectivity index (χ1n) is 8.73. The van der Waals surface area contributed by atoms with E-state index in [9.17, 15) is 25.1 Å². The van der Waals surface area contributed by atoms with Crippen molar-refractivity contribution in [1.82, 2.24) is 9.97 Å². The number of aromatic nitrogens is 2. The Morgan fingerprint density at radius 3 is 2.20 bits per heavy atom.